The molecule has 1 aromatic rings. The van der Waals surface area contributed by atoms with Crippen molar-refractivity contribution in [2.24, 2.45) is 5.73 Å². The van der Waals surface area contributed by atoms with Crippen molar-refractivity contribution in [3.8, 4) is 0 Å². The molecule has 0 saturated heterocycles. The fraction of sp³-hybridized carbons (Fsp3) is 0.462. The number of hydrogen-bond donors (Lipinski definition) is 1. The zero-order chi connectivity index (χ0) is 13.9. The molecular weight excluding hydrogens is 254 g/mol. The number of anilines is 1. The molecule has 0 amide bonds. The van der Waals surface area contributed by atoms with Crippen molar-refractivity contribution in [3.05, 3.63) is 29.3 Å². The Hall–Kier alpha value is -1.23. The SMILES string of the molecule is CCCN(c1c(F)cc(C(N)=S)cc1F)C(C)C. The van der Waals surface area contributed by atoms with Crippen LogP contribution in [0.2, 0.25) is 0 Å². The summed E-state index contributed by atoms with van der Waals surface area (Å²) in [5.74, 6) is -1.25. The van der Waals surface area contributed by atoms with Gasteiger partial charge in [0.05, 0.1) is 0 Å². The van der Waals surface area contributed by atoms with E-state index in [4.69, 9.17) is 18.0 Å². The van der Waals surface area contributed by atoms with Crippen LogP contribution in [0.15, 0.2) is 12.1 Å². The van der Waals surface area contributed by atoms with Gasteiger partial charge in [-0.3, -0.25) is 0 Å². The van der Waals surface area contributed by atoms with Gasteiger partial charge in [-0.05, 0) is 32.4 Å². The number of nitrogens with two attached hydrogens (primary N) is 1. The summed E-state index contributed by atoms with van der Waals surface area (Å²) in [6.45, 7) is 6.36. The molecule has 0 aliphatic heterocycles. The first-order valence-electron chi connectivity index (χ1n) is 5.94. The molecule has 18 heavy (non-hydrogen) atoms. The van der Waals surface area contributed by atoms with Gasteiger partial charge in [-0.15, -0.1) is 0 Å². The summed E-state index contributed by atoms with van der Waals surface area (Å²) in [5, 5.41) is 0. The largest absolute Gasteiger partial charge is 0.389 e. The second-order valence-electron chi connectivity index (χ2n) is 4.44. The molecule has 0 aliphatic carbocycles. The van der Waals surface area contributed by atoms with E-state index < -0.39 is 11.6 Å². The van der Waals surface area contributed by atoms with Crippen molar-refractivity contribution in [2.45, 2.75) is 33.2 Å². The summed E-state index contributed by atoms with van der Waals surface area (Å²) in [5.41, 5.74) is 5.59. The average Bonchev–Trinajstić information content (AvgIpc) is 2.26. The van der Waals surface area contributed by atoms with Crippen molar-refractivity contribution in [1.29, 1.82) is 0 Å². The molecule has 2 N–H and O–H groups in total. The normalized spacial score (nSPS) is 10.8. The third-order valence-electron chi connectivity index (χ3n) is 2.68. The van der Waals surface area contributed by atoms with Crippen LogP contribution in [0.3, 0.4) is 0 Å². The molecular formula is C13H18F2N2S. The van der Waals surface area contributed by atoms with Crippen LogP contribution in [0.1, 0.15) is 32.8 Å². The number of halogens is 2. The molecule has 0 aromatic heterocycles. The molecule has 5 heteroatoms. The molecule has 1 rings (SSSR count). The zero-order valence-corrected chi connectivity index (χ0v) is 11.7. The van der Waals surface area contributed by atoms with Gasteiger partial charge in [0, 0.05) is 18.2 Å². The Morgan fingerprint density at radius 1 is 1.33 bits per heavy atom. The van der Waals surface area contributed by atoms with Crippen molar-refractivity contribution < 1.29 is 8.78 Å². The summed E-state index contributed by atoms with van der Waals surface area (Å²) in [6.07, 6.45) is 0.814. The van der Waals surface area contributed by atoms with E-state index in [2.05, 4.69) is 0 Å². The number of thiocarbonyl (C=S) groups is 1. The highest BCUT2D eigenvalue weighted by Gasteiger charge is 2.20. The lowest BCUT2D eigenvalue weighted by molar-refractivity contribution is 0.553. The predicted octanol–water partition coefficient (Wildman–Crippen LogP) is 3.22. The zero-order valence-electron chi connectivity index (χ0n) is 10.8. The van der Waals surface area contributed by atoms with E-state index in [9.17, 15) is 8.78 Å². The van der Waals surface area contributed by atoms with Crippen LogP contribution in [-0.4, -0.2) is 17.6 Å². The third-order valence-corrected chi connectivity index (χ3v) is 2.91. The van der Waals surface area contributed by atoms with Gasteiger partial charge in [0.2, 0.25) is 0 Å². The summed E-state index contributed by atoms with van der Waals surface area (Å²) in [7, 11) is 0. The average molecular weight is 272 g/mol. The quantitative estimate of drug-likeness (QED) is 0.834. The molecule has 2 nitrogen and oxygen atoms in total. The molecule has 0 atom stereocenters. The monoisotopic (exact) mass is 272 g/mol. The first-order valence-corrected chi connectivity index (χ1v) is 6.34. The van der Waals surface area contributed by atoms with Gasteiger partial charge in [-0.2, -0.15) is 0 Å². The maximum atomic E-state index is 14.0. The minimum Gasteiger partial charge on any atom is -0.389 e. The highest BCUT2D eigenvalue weighted by atomic mass is 32.1. The summed E-state index contributed by atoms with van der Waals surface area (Å²) >= 11 is 4.72. The second-order valence-corrected chi connectivity index (χ2v) is 4.88. The molecule has 0 radical (unpaired) electrons. The Kier molecular flexibility index (Phi) is 5.02. The molecule has 0 aliphatic rings. The van der Waals surface area contributed by atoms with Gasteiger partial charge in [-0.25, -0.2) is 8.78 Å². The van der Waals surface area contributed by atoms with Gasteiger partial charge in [0.1, 0.15) is 22.3 Å². The van der Waals surface area contributed by atoms with Gasteiger partial charge < -0.3 is 10.6 Å². The Balaban J connectivity index is 3.27. The van der Waals surface area contributed by atoms with Crippen LogP contribution in [0.25, 0.3) is 0 Å². The Morgan fingerprint density at radius 3 is 2.17 bits per heavy atom. The predicted molar refractivity (Wildman–Crippen MR) is 75.0 cm³/mol. The van der Waals surface area contributed by atoms with E-state index in [0.29, 0.717) is 6.54 Å². The molecule has 0 unspecified atom stereocenters. The fourth-order valence-corrected chi connectivity index (χ4v) is 1.97. The standard InChI is InChI=1S/C13H18F2N2S/c1-4-5-17(8(2)3)12-10(14)6-9(13(16)18)7-11(12)15/h6-8H,4-5H2,1-3H3,(H2,16,18). The minimum atomic E-state index is -0.625. The number of hydrogen-bond acceptors (Lipinski definition) is 2. The van der Waals surface area contributed by atoms with Crippen LogP contribution >= 0.6 is 12.2 Å². The van der Waals surface area contributed by atoms with E-state index in [1.54, 1.807) is 4.90 Å². The van der Waals surface area contributed by atoms with Gasteiger partial charge in [0.15, 0.2) is 0 Å². The topological polar surface area (TPSA) is 29.3 Å². The molecule has 0 fully saturated rings. The molecule has 1 aromatic carbocycles. The summed E-state index contributed by atoms with van der Waals surface area (Å²) in [4.78, 5) is 1.69. The molecule has 0 bridgehead atoms. The van der Waals surface area contributed by atoms with E-state index in [1.165, 1.54) is 12.1 Å². The van der Waals surface area contributed by atoms with Gasteiger partial charge in [0.25, 0.3) is 0 Å². The molecule has 100 valence electrons. The molecule has 0 spiro atoms. The third kappa shape index (κ3) is 3.16. The van der Waals surface area contributed by atoms with Crippen molar-refractivity contribution in [3.63, 3.8) is 0 Å². The molecule has 0 heterocycles. The summed E-state index contributed by atoms with van der Waals surface area (Å²) in [6, 6.07) is 2.39. The Morgan fingerprint density at radius 2 is 1.83 bits per heavy atom. The second kappa shape index (κ2) is 6.09. The van der Waals surface area contributed by atoms with Gasteiger partial charge in [-0.1, -0.05) is 19.1 Å². The smallest absolute Gasteiger partial charge is 0.150 e. The van der Waals surface area contributed by atoms with Crippen molar-refractivity contribution in [1.82, 2.24) is 0 Å². The lowest BCUT2D eigenvalue weighted by Gasteiger charge is -2.29. The first-order chi connectivity index (χ1) is 8.38. The maximum absolute atomic E-state index is 14.0. The Labute approximate surface area is 112 Å². The minimum absolute atomic E-state index is 0.00755. The lowest BCUT2D eigenvalue weighted by Crippen LogP contribution is -2.33. The maximum Gasteiger partial charge on any atom is 0.150 e. The van der Waals surface area contributed by atoms with Crippen LogP contribution in [0, 0.1) is 11.6 Å². The number of benzene rings is 1. The van der Waals surface area contributed by atoms with Crippen LogP contribution < -0.4 is 10.6 Å². The lowest BCUT2D eigenvalue weighted by atomic mass is 10.1. The number of rotatable bonds is 5. The van der Waals surface area contributed by atoms with Crippen LogP contribution in [0.4, 0.5) is 14.5 Å². The number of nitrogens with zero attached hydrogens (tertiary/aromatic N) is 1. The fourth-order valence-electron chi connectivity index (χ4n) is 1.85. The van der Waals surface area contributed by atoms with E-state index in [1.807, 2.05) is 20.8 Å². The van der Waals surface area contributed by atoms with Crippen LogP contribution in [-0.2, 0) is 0 Å². The summed E-state index contributed by atoms with van der Waals surface area (Å²) < 4.78 is 28.0. The first kappa shape index (κ1) is 14.8. The Bertz CT molecular complexity index is 424. The van der Waals surface area contributed by atoms with E-state index in [0.717, 1.165) is 6.42 Å². The van der Waals surface area contributed by atoms with Crippen LogP contribution in [0.5, 0.6) is 0 Å². The van der Waals surface area contributed by atoms with Gasteiger partial charge >= 0.3 is 0 Å². The van der Waals surface area contributed by atoms with E-state index in [-0.39, 0.29) is 22.3 Å². The molecule has 0 saturated carbocycles. The highest BCUT2D eigenvalue weighted by molar-refractivity contribution is 7.80. The highest BCUT2D eigenvalue weighted by Crippen LogP contribution is 2.27. The van der Waals surface area contributed by atoms with Crippen molar-refractivity contribution in [2.75, 3.05) is 11.4 Å². The van der Waals surface area contributed by atoms with Crippen molar-refractivity contribution >= 4 is 22.9 Å². The van der Waals surface area contributed by atoms with E-state index >= 15 is 0 Å².